The van der Waals surface area contributed by atoms with Gasteiger partial charge in [-0.2, -0.15) is 28.5 Å². The smallest absolute Gasteiger partial charge is 0.372 e. The number of alkyl halides is 3. The molecule has 10 heteroatoms. The van der Waals surface area contributed by atoms with Gasteiger partial charge in [-0.1, -0.05) is 6.92 Å². The standard InChI is InChI=1S/C14H16F3N7/c1-4-9(5-18)24-7-11(8(2)23-24)21-13-20-6-10(14(15,16)17)12(19-3)22-13/h6-7,9H,4H2,1-3H3,(H2,19,20,21,22). The lowest BCUT2D eigenvalue weighted by Gasteiger charge is -2.12. The second kappa shape index (κ2) is 6.74. The van der Waals surface area contributed by atoms with Crippen molar-refractivity contribution in [2.75, 3.05) is 17.7 Å². The van der Waals surface area contributed by atoms with Crippen LogP contribution >= 0.6 is 0 Å². The van der Waals surface area contributed by atoms with Crippen molar-refractivity contribution in [3.05, 3.63) is 23.7 Å². The fraction of sp³-hybridized carbons (Fsp3) is 0.429. The second-order valence-corrected chi connectivity index (χ2v) is 4.99. The zero-order valence-electron chi connectivity index (χ0n) is 13.3. The van der Waals surface area contributed by atoms with E-state index in [1.54, 1.807) is 13.1 Å². The first-order valence-corrected chi connectivity index (χ1v) is 7.14. The molecule has 1 unspecified atom stereocenters. The van der Waals surface area contributed by atoms with E-state index in [1.165, 1.54) is 11.7 Å². The molecule has 2 rings (SSSR count). The summed E-state index contributed by atoms with van der Waals surface area (Å²) in [6, 6.07) is 1.71. The van der Waals surface area contributed by atoms with Crippen LogP contribution in [0.15, 0.2) is 12.4 Å². The molecule has 7 nitrogen and oxygen atoms in total. The topological polar surface area (TPSA) is 91.5 Å². The second-order valence-electron chi connectivity index (χ2n) is 4.99. The minimum Gasteiger partial charge on any atom is -0.372 e. The first kappa shape index (κ1) is 17.5. The van der Waals surface area contributed by atoms with E-state index in [1.807, 2.05) is 6.92 Å². The summed E-state index contributed by atoms with van der Waals surface area (Å²) < 4.78 is 40.0. The van der Waals surface area contributed by atoms with Gasteiger partial charge < -0.3 is 10.6 Å². The highest BCUT2D eigenvalue weighted by molar-refractivity contribution is 5.57. The number of nitrogens with zero attached hydrogens (tertiary/aromatic N) is 5. The van der Waals surface area contributed by atoms with Gasteiger partial charge >= 0.3 is 6.18 Å². The lowest BCUT2D eigenvalue weighted by atomic mass is 10.2. The van der Waals surface area contributed by atoms with Gasteiger partial charge in [0, 0.05) is 13.2 Å². The monoisotopic (exact) mass is 339 g/mol. The molecule has 128 valence electrons. The highest BCUT2D eigenvalue weighted by Crippen LogP contribution is 2.34. The summed E-state index contributed by atoms with van der Waals surface area (Å²) in [5.41, 5.74) is 0.155. The van der Waals surface area contributed by atoms with Crippen molar-refractivity contribution in [2.24, 2.45) is 0 Å². The van der Waals surface area contributed by atoms with E-state index >= 15 is 0 Å². The molecule has 24 heavy (non-hydrogen) atoms. The highest BCUT2D eigenvalue weighted by atomic mass is 19.4. The highest BCUT2D eigenvalue weighted by Gasteiger charge is 2.35. The molecule has 0 aliphatic heterocycles. The Morgan fingerprint density at radius 2 is 2.12 bits per heavy atom. The Hall–Kier alpha value is -2.83. The van der Waals surface area contributed by atoms with Crippen LogP contribution in [0, 0.1) is 18.3 Å². The van der Waals surface area contributed by atoms with Gasteiger partial charge in [-0.3, -0.25) is 4.68 Å². The van der Waals surface area contributed by atoms with Crippen LogP contribution in [-0.2, 0) is 6.18 Å². The number of anilines is 3. The van der Waals surface area contributed by atoms with Crippen molar-refractivity contribution in [1.82, 2.24) is 19.7 Å². The maximum Gasteiger partial charge on any atom is 0.421 e. The SMILES string of the molecule is CCC(C#N)n1cc(Nc2ncc(C(F)(F)F)c(NC)n2)c(C)n1. The number of hydrogen-bond acceptors (Lipinski definition) is 6. The van der Waals surface area contributed by atoms with Gasteiger partial charge in [0.15, 0.2) is 0 Å². The van der Waals surface area contributed by atoms with Crippen LogP contribution < -0.4 is 10.6 Å². The normalized spacial score (nSPS) is 12.5. The zero-order valence-corrected chi connectivity index (χ0v) is 13.3. The van der Waals surface area contributed by atoms with Crippen molar-refractivity contribution >= 4 is 17.5 Å². The minimum absolute atomic E-state index is 0.00000567. The van der Waals surface area contributed by atoms with E-state index in [0.29, 0.717) is 24.0 Å². The number of aryl methyl sites for hydroxylation is 1. The van der Waals surface area contributed by atoms with Gasteiger partial charge in [0.25, 0.3) is 0 Å². The summed E-state index contributed by atoms with van der Waals surface area (Å²) >= 11 is 0. The van der Waals surface area contributed by atoms with Gasteiger partial charge in [-0.25, -0.2) is 4.98 Å². The van der Waals surface area contributed by atoms with Crippen LogP contribution in [0.3, 0.4) is 0 Å². The fourth-order valence-corrected chi connectivity index (χ4v) is 2.06. The van der Waals surface area contributed by atoms with Gasteiger partial charge in [0.1, 0.15) is 17.4 Å². The fourth-order valence-electron chi connectivity index (χ4n) is 2.06. The third-order valence-corrected chi connectivity index (χ3v) is 3.35. The van der Waals surface area contributed by atoms with Crippen molar-refractivity contribution in [3.63, 3.8) is 0 Å². The van der Waals surface area contributed by atoms with Crippen LogP contribution in [0.1, 0.15) is 30.6 Å². The van der Waals surface area contributed by atoms with E-state index in [0.717, 1.165) is 0 Å². The molecule has 0 aliphatic rings. The van der Waals surface area contributed by atoms with E-state index in [9.17, 15) is 13.2 Å². The number of hydrogen-bond donors (Lipinski definition) is 2. The molecular formula is C14H16F3N7. The van der Waals surface area contributed by atoms with Crippen LogP contribution in [0.4, 0.5) is 30.6 Å². The Bertz CT molecular complexity index is 761. The maximum atomic E-state index is 12.8. The van der Waals surface area contributed by atoms with Gasteiger partial charge in [-0.15, -0.1) is 0 Å². The summed E-state index contributed by atoms with van der Waals surface area (Å²) in [5.74, 6) is -0.325. The number of aromatic nitrogens is 4. The average Bonchev–Trinajstić information content (AvgIpc) is 2.88. The average molecular weight is 339 g/mol. The Kier molecular flexibility index (Phi) is 4.92. The summed E-state index contributed by atoms with van der Waals surface area (Å²) in [6.45, 7) is 3.57. The molecular weight excluding hydrogens is 323 g/mol. The van der Waals surface area contributed by atoms with Crippen molar-refractivity contribution in [3.8, 4) is 6.07 Å². The Balaban J connectivity index is 2.31. The molecule has 0 aromatic carbocycles. The largest absolute Gasteiger partial charge is 0.421 e. The molecule has 2 aromatic heterocycles. The molecule has 2 heterocycles. The third kappa shape index (κ3) is 3.56. The Morgan fingerprint density at radius 3 is 2.67 bits per heavy atom. The Labute approximate surface area is 136 Å². The molecule has 0 spiro atoms. The summed E-state index contributed by atoms with van der Waals surface area (Å²) in [6.07, 6.45) is -1.64. The van der Waals surface area contributed by atoms with Crippen LogP contribution in [0.25, 0.3) is 0 Å². The van der Waals surface area contributed by atoms with Crippen molar-refractivity contribution < 1.29 is 13.2 Å². The number of rotatable bonds is 5. The summed E-state index contributed by atoms with van der Waals surface area (Å²) in [7, 11) is 1.35. The molecule has 0 amide bonds. The Morgan fingerprint density at radius 1 is 1.42 bits per heavy atom. The molecule has 2 aromatic rings. The van der Waals surface area contributed by atoms with Crippen LogP contribution in [0.2, 0.25) is 0 Å². The number of nitriles is 1. The molecule has 2 N–H and O–H groups in total. The molecule has 0 saturated heterocycles. The molecule has 0 saturated carbocycles. The molecule has 0 fully saturated rings. The van der Waals surface area contributed by atoms with Crippen LogP contribution in [0.5, 0.6) is 0 Å². The predicted octanol–water partition coefficient (Wildman–Crippen LogP) is 3.26. The van der Waals surface area contributed by atoms with E-state index in [2.05, 4.69) is 31.8 Å². The van der Waals surface area contributed by atoms with Gasteiger partial charge in [0.2, 0.25) is 5.95 Å². The number of halogens is 3. The molecule has 0 aliphatic carbocycles. The minimum atomic E-state index is -4.54. The van der Waals surface area contributed by atoms with Crippen LogP contribution in [-0.4, -0.2) is 26.8 Å². The van der Waals surface area contributed by atoms with Crippen molar-refractivity contribution in [1.29, 1.82) is 5.26 Å². The molecule has 0 radical (unpaired) electrons. The first-order valence-electron chi connectivity index (χ1n) is 7.14. The third-order valence-electron chi connectivity index (χ3n) is 3.35. The molecule has 0 bridgehead atoms. The maximum absolute atomic E-state index is 12.8. The number of nitrogens with one attached hydrogen (secondary N) is 2. The van der Waals surface area contributed by atoms with Gasteiger partial charge in [-0.05, 0) is 13.3 Å². The van der Waals surface area contributed by atoms with E-state index in [-0.39, 0.29) is 11.8 Å². The van der Waals surface area contributed by atoms with Gasteiger partial charge in [0.05, 0.1) is 23.6 Å². The quantitative estimate of drug-likeness (QED) is 0.869. The first-order chi connectivity index (χ1) is 11.3. The summed E-state index contributed by atoms with van der Waals surface area (Å²) in [5, 5.41) is 18.5. The van der Waals surface area contributed by atoms with E-state index < -0.39 is 17.8 Å². The predicted molar refractivity (Wildman–Crippen MR) is 81.8 cm³/mol. The lowest BCUT2D eigenvalue weighted by molar-refractivity contribution is -0.137. The van der Waals surface area contributed by atoms with Crippen molar-refractivity contribution in [2.45, 2.75) is 32.5 Å². The molecule has 1 atom stereocenters. The lowest BCUT2D eigenvalue weighted by Crippen LogP contribution is -2.12. The zero-order chi connectivity index (χ0) is 17.9. The van der Waals surface area contributed by atoms with E-state index in [4.69, 9.17) is 5.26 Å². The summed E-state index contributed by atoms with van der Waals surface area (Å²) in [4.78, 5) is 7.53.